The van der Waals surface area contributed by atoms with Gasteiger partial charge in [0, 0.05) is 47.1 Å². The maximum Gasteiger partial charge on any atom is 0.222 e. The van der Waals surface area contributed by atoms with Gasteiger partial charge in [-0.25, -0.2) is 9.97 Å². The van der Waals surface area contributed by atoms with Crippen molar-refractivity contribution in [2.24, 2.45) is 5.73 Å². The highest BCUT2D eigenvalue weighted by molar-refractivity contribution is 7.99. The zero-order chi connectivity index (χ0) is 16.9. The van der Waals surface area contributed by atoms with Crippen LogP contribution in [0.15, 0.2) is 46.5 Å². The summed E-state index contributed by atoms with van der Waals surface area (Å²) >= 11 is 1.64. The van der Waals surface area contributed by atoms with Crippen molar-refractivity contribution in [3.05, 3.63) is 42.2 Å². The zero-order valence-electron chi connectivity index (χ0n) is 13.7. The van der Waals surface area contributed by atoms with Crippen molar-refractivity contribution in [2.75, 3.05) is 5.32 Å². The highest BCUT2D eigenvalue weighted by Gasteiger charge is 2.26. The van der Waals surface area contributed by atoms with Crippen molar-refractivity contribution in [1.29, 1.82) is 0 Å². The third-order valence-corrected chi connectivity index (χ3v) is 5.18. The van der Waals surface area contributed by atoms with Crippen molar-refractivity contribution < 1.29 is 4.79 Å². The first-order valence-corrected chi connectivity index (χ1v) is 9.08. The van der Waals surface area contributed by atoms with Crippen molar-refractivity contribution in [2.45, 2.75) is 54.5 Å². The summed E-state index contributed by atoms with van der Waals surface area (Å²) in [7, 11) is 0. The summed E-state index contributed by atoms with van der Waals surface area (Å²) in [6, 6.07) is 8.42. The Labute approximate surface area is 146 Å². The Morgan fingerprint density at radius 1 is 1.21 bits per heavy atom. The highest BCUT2D eigenvalue weighted by Crippen LogP contribution is 2.27. The van der Waals surface area contributed by atoms with Crippen molar-refractivity contribution in [1.82, 2.24) is 9.97 Å². The average Bonchev–Trinajstić information content (AvgIpc) is 2.60. The quantitative estimate of drug-likeness (QED) is 0.869. The van der Waals surface area contributed by atoms with Crippen LogP contribution in [0.2, 0.25) is 0 Å². The molecule has 1 aliphatic rings. The van der Waals surface area contributed by atoms with E-state index in [2.05, 4.69) is 46.5 Å². The van der Waals surface area contributed by atoms with E-state index in [4.69, 9.17) is 5.73 Å². The molecular formula is C18H22N4OS. The molecule has 1 aromatic carbocycles. The second-order valence-electron chi connectivity index (χ2n) is 6.04. The number of carbonyl (C=O) groups is 1. The fourth-order valence-corrected chi connectivity index (χ4v) is 3.51. The summed E-state index contributed by atoms with van der Waals surface area (Å²) < 4.78 is 0. The predicted octanol–water partition coefficient (Wildman–Crippen LogP) is 3.05. The molecule has 2 aromatic rings. The van der Waals surface area contributed by atoms with Gasteiger partial charge in [0.05, 0.1) is 0 Å². The normalized spacial score (nSPS) is 20.8. The summed E-state index contributed by atoms with van der Waals surface area (Å²) in [5.74, 6) is 0.804. The lowest BCUT2D eigenvalue weighted by Crippen LogP contribution is -2.45. The van der Waals surface area contributed by atoms with E-state index < -0.39 is 0 Å². The maximum atomic E-state index is 11.4. The minimum Gasteiger partial charge on any atom is -0.350 e. The minimum absolute atomic E-state index is 0.0581. The van der Waals surface area contributed by atoms with Crippen molar-refractivity contribution >= 4 is 23.5 Å². The third kappa shape index (κ3) is 4.33. The van der Waals surface area contributed by atoms with Gasteiger partial charge in [-0.1, -0.05) is 30.8 Å². The van der Waals surface area contributed by atoms with E-state index in [1.54, 1.807) is 11.8 Å². The van der Waals surface area contributed by atoms with Crippen LogP contribution < -0.4 is 11.1 Å². The number of anilines is 1. The molecule has 1 heterocycles. The van der Waals surface area contributed by atoms with Gasteiger partial charge in [0.15, 0.2) is 0 Å². The topological polar surface area (TPSA) is 80.9 Å². The van der Waals surface area contributed by atoms with Crippen LogP contribution in [0.25, 0.3) is 0 Å². The standard InChI is InChI=1S/C18H22N4OS/c1-2-12-3-6-14(7-4-12)24-15-10-20-18(21-11-15)22-17-8-5-13(23)9-16(17)19/h3-4,6-7,10-11,16-17H,2,5,8-9,19H2,1H3,(H,20,21,22). The van der Waals surface area contributed by atoms with Gasteiger partial charge in [-0.2, -0.15) is 0 Å². The largest absolute Gasteiger partial charge is 0.350 e. The number of aromatic nitrogens is 2. The number of Topliss-reactive ketones (excluding diaryl/α,β-unsaturated/α-hetero) is 1. The minimum atomic E-state index is -0.166. The van der Waals surface area contributed by atoms with Crippen LogP contribution in [0.3, 0.4) is 0 Å². The van der Waals surface area contributed by atoms with Gasteiger partial charge in [-0.15, -0.1) is 0 Å². The first-order valence-electron chi connectivity index (χ1n) is 8.26. The summed E-state index contributed by atoms with van der Waals surface area (Å²) in [5, 5.41) is 3.25. The lowest BCUT2D eigenvalue weighted by Gasteiger charge is -2.28. The Bertz CT molecular complexity index is 687. The Hall–Kier alpha value is -1.92. The van der Waals surface area contributed by atoms with Crippen LogP contribution in [-0.4, -0.2) is 27.8 Å². The first kappa shape index (κ1) is 16.9. The number of hydrogen-bond donors (Lipinski definition) is 2. The molecule has 1 saturated carbocycles. The molecule has 1 aromatic heterocycles. The van der Waals surface area contributed by atoms with E-state index in [0.29, 0.717) is 18.8 Å². The number of nitrogens with one attached hydrogen (secondary N) is 1. The summed E-state index contributed by atoms with van der Waals surface area (Å²) in [6.07, 6.45) is 6.42. The number of aryl methyl sites for hydroxylation is 1. The molecule has 24 heavy (non-hydrogen) atoms. The molecule has 126 valence electrons. The smallest absolute Gasteiger partial charge is 0.222 e. The van der Waals surface area contributed by atoms with Crippen LogP contribution in [-0.2, 0) is 11.2 Å². The zero-order valence-corrected chi connectivity index (χ0v) is 14.6. The van der Waals surface area contributed by atoms with Crippen LogP contribution >= 0.6 is 11.8 Å². The Morgan fingerprint density at radius 2 is 1.92 bits per heavy atom. The predicted molar refractivity (Wildman–Crippen MR) is 96.2 cm³/mol. The van der Waals surface area contributed by atoms with Gasteiger partial charge in [0.2, 0.25) is 5.95 Å². The van der Waals surface area contributed by atoms with Crippen molar-refractivity contribution in [3.8, 4) is 0 Å². The molecule has 0 aliphatic heterocycles. The maximum absolute atomic E-state index is 11.4. The molecule has 1 fully saturated rings. The third-order valence-electron chi connectivity index (χ3n) is 4.22. The molecule has 3 N–H and O–H groups in total. The van der Waals surface area contributed by atoms with E-state index >= 15 is 0 Å². The second-order valence-corrected chi connectivity index (χ2v) is 7.19. The molecule has 0 saturated heterocycles. The number of carbonyl (C=O) groups excluding carboxylic acids is 1. The lowest BCUT2D eigenvalue weighted by atomic mass is 9.90. The summed E-state index contributed by atoms with van der Waals surface area (Å²) in [6.45, 7) is 2.15. The molecule has 6 heteroatoms. The van der Waals surface area contributed by atoms with Gasteiger partial charge < -0.3 is 11.1 Å². The van der Waals surface area contributed by atoms with Gasteiger partial charge in [0.25, 0.3) is 0 Å². The number of rotatable bonds is 5. The SMILES string of the molecule is CCc1ccc(Sc2cnc(NC3CCC(=O)CC3N)nc2)cc1. The number of hydrogen-bond acceptors (Lipinski definition) is 6. The molecule has 2 atom stereocenters. The lowest BCUT2D eigenvalue weighted by molar-refractivity contribution is -0.120. The number of nitrogens with zero attached hydrogens (tertiary/aromatic N) is 2. The van der Waals surface area contributed by atoms with Crippen LogP contribution in [0.1, 0.15) is 31.7 Å². The van der Waals surface area contributed by atoms with Gasteiger partial charge in [-0.05, 0) is 30.5 Å². The van der Waals surface area contributed by atoms with Crippen LogP contribution in [0, 0.1) is 0 Å². The van der Waals surface area contributed by atoms with Crippen LogP contribution in [0.5, 0.6) is 0 Å². The number of ketones is 1. The Kier molecular flexibility index (Phi) is 5.48. The molecule has 2 unspecified atom stereocenters. The Balaban J connectivity index is 1.59. The highest BCUT2D eigenvalue weighted by atomic mass is 32.2. The fourth-order valence-electron chi connectivity index (χ4n) is 2.76. The van der Waals surface area contributed by atoms with Gasteiger partial charge in [0.1, 0.15) is 5.78 Å². The molecule has 1 aliphatic carbocycles. The first-order chi connectivity index (χ1) is 11.6. The monoisotopic (exact) mass is 342 g/mol. The van der Waals surface area contributed by atoms with Gasteiger partial charge in [-0.3, -0.25) is 4.79 Å². The van der Waals surface area contributed by atoms with E-state index in [1.807, 2.05) is 12.4 Å². The second kappa shape index (κ2) is 7.77. The molecular weight excluding hydrogens is 320 g/mol. The van der Waals surface area contributed by atoms with E-state index in [1.165, 1.54) is 10.5 Å². The molecule has 0 radical (unpaired) electrons. The van der Waals surface area contributed by atoms with Gasteiger partial charge >= 0.3 is 0 Å². The van der Waals surface area contributed by atoms with E-state index in [-0.39, 0.29) is 17.9 Å². The van der Waals surface area contributed by atoms with E-state index in [9.17, 15) is 4.79 Å². The molecule has 5 nitrogen and oxygen atoms in total. The average molecular weight is 342 g/mol. The molecule has 0 bridgehead atoms. The molecule has 3 rings (SSSR count). The van der Waals surface area contributed by atoms with Crippen molar-refractivity contribution in [3.63, 3.8) is 0 Å². The number of benzene rings is 1. The van der Waals surface area contributed by atoms with Crippen LogP contribution in [0.4, 0.5) is 5.95 Å². The summed E-state index contributed by atoms with van der Waals surface area (Å²) in [4.78, 5) is 22.3. The molecule has 0 spiro atoms. The summed E-state index contributed by atoms with van der Waals surface area (Å²) in [5.41, 5.74) is 7.36. The Morgan fingerprint density at radius 3 is 2.54 bits per heavy atom. The van der Waals surface area contributed by atoms with E-state index in [0.717, 1.165) is 17.7 Å². The fraction of sp³-hybridized carbons (Fsp3) is 0.389. The number of nitrogens with two attached hydrogens (primary N) is 1. The molecule has 0 amide bonds.